The first-order chi connectivity index (χ1) is 10.5. The molecule has 0 aromatic heterocycles. The number of likely N-dealkylation sites (N-methyl/N-ethyl adjacent to an activating group) is 1. The molecule has 4 heteroatoms. The molecule has 0 aliphatic carbocycles. The fourth-order valence-electron chi connectivity index (χ4n) is 2.83. The Balaban J connectivity index is 1.91. The average molecular weight is 305 g/mol. The molecule has 0 bridgehead atoms. The van der Waals surface area contributed by atoms with E-state index >= 15 is 0 Å². The van der Waals surface area contributed by atoms with Gasteiger partial charge in [0.25, 0.3) is 5.91 Å². The van der Waals surface area contributed by atoms with Gasteiger partial charge in [0.05, 0.1) is 12.7 Å². The number of hydrogen-bond acceptors (Lipinski definition) is 3. The predicted octanol–water partition coefficient (Wildman–Crippen LogP) is 3.24. The molecular formula is C18H27NO3. The highest BCUT2D eigenvalue weighted by Crippen LogP contribution is 2.21. The molecule has 0 saturated carbocycles. The average Bonchev–Trinajstić information content (AvgIpc) is 2.52. The predicted molar refractivity (Wildman–Crippen MR) is 88.3 cm³/mol. The molecule has 1 aromatic carbocycles. The van der Waals surface area contributed by atoms with Gasteiger partial charge in [0.1, 0.15) is 6.10 Å². The molecule has 1 aliphatic heterocycles. The molecule has 0 spiro atoms. The van der Waals surface area contributed by atoms with Crippen LogP contribution in [0.1, 0.15) is 37.3 Å². The van der Waals surface area contributed by atoms with Crippen LogP contribution in [0.5, 0.6) is 0 Å². The fraction of sp³-hybridized carbons (Fsp3) is 0.611. The molecule has 2 rings (SSSR count). The quantitative estimate of drug-likeness (QED) is 0.838. The molecule has 2 atom stereocenters. The van der Waals surface area contributed by atoms with Crippen molar-refractivity contribution in [3.63, 3.8) is 0 Å². The van der Waals surface area contributed by atoms with E-state index in [2.05, 4.69) is 13.0 Å². The lowest BCUT2D eigenvalue weighted by molar-refractivity contribution is -0.132. The van der Waals surface area contributed by atoms with E-state index in [0.29, 0.717) is 6.61 Å². The van der Waals surface area contributed by atoms with Gasteiger partial charge in [0.2, 0.25) is 0 Å². The van der Waals surface area contributed by atoms with Crippen LogP contribution in [0.2, 0.25) is 0 Å². The zero-order chi connectivity index (χ0) is 16.1. The number of hydrogen-bond donors (Lipinski definition) is 0. The van der Waals surface area contributed by atoms with E-state index in [1.165, 1.54) is 12.0 Å². The molecule has 0 radical (unpaired) electrons. The smallest absolute Gasteiger partial charge is 0.255 e. The maximum Gasteiger partial charge on any atom is 0.255 e. The second kappa shape index (κ2) is 7.75. The summed E-state index contributed by atoms with van der Waals surface area (Å²) < 4.78 is 11.4. The summed E-state index contributed by atoms with van der Waals surface area (Å²) in [6.07, 6.45) is 3.00. The van der Waals surface area contributed by atoms with Crippen LogP contribution in [-0.2, 0) is 14.3 Å². The van der Waals surface area contributed by atoms with Gasteiger partial charge < -0.3 is 14.4 Å². The molecule has 1 amide bonds. The summed E-state index contributed by atoms with van der Waals surface area (Å²) in [7, 11) is 1.80. The van der Waals surface area contributed by atoms with Crippen molar-refractivity contribution in [1.82, 2.24) is 0 Å². The van der Waals surface area contributed by atoms with Crippen LogP contribution in [0.4, 0.5) is 5.69 Å². The van der Waals surface area contributed by atoms with Crippen molar-refractivity contribution in [3.8, 4) is 0 Å². The van der Waals surface area contributed by atoms with E-state index in [1.807, 2.05) is 26.0 Å². The Labute approximate surface area is 133 Å². The lowest BCUT2D eigenvalue weighted by atomic mass is 10.1. The molecule has 1 aromatic rings. The van der Waals surface area contributed by atoms with Crippen LogP contribution in [0.25, 0.3) is 0 Å². The standard InChI is InChI=1S/C18H27NO3/c1-13-8-9-17(14(2)11-13)19(4)18(20)15(3)22-12-16-7-5-6-10-21-16/h8-9,11,15-16H,5-7,10,12H2,1-4H3. The van der Waals surface area contributed by atoms with E-state index in [0.717, 1.165) is 30.7 Å². The van der Waals surface area contributed by atoms with Gasteiger partial charge in [-0.25, -0.2) is 0 Å². The topological polar surface area (TPSA) is 38.8 Å². The third-order valence-electron chi connectivity index (χ3n) is 4.20. The van der Waals surface area contributed by atoms with E-state index in [-0.39, 0.29) is 12.0 Å². The van der Waals surface area contributed by atoms with E-state index in [4.69, 9.17) is 9.47 Å². The van der Waals surface area contributed by atoms with Gasteiger partial charge in [-0.2, -0.15) is 0 Å². The minimum absolute atomic E-state index is 0.0252. The molecular weight excluding hydrogens is 278 g/mol. The van der Waals surface area contributed by atoms with Crippen LogP contribution in [0.15, 0.2) is 18.2 Å². The Bertz CT molecular complexity index is 509. The summed E-state index contributed by atoms with van der Waals surface area (Å²) in [6, 6.07) is 6.09. The van der Waals surface area contributed by atoms with Crippen LogP contribution < -0.4 is 4.90 Å². The minimum Gasteiger partial charge on any atom is -0.376 e. The Hall–Kier alpha value is -1.39. The molecule has 2 unspecified atom stereocenters. The number of anilines is 1. The Kier molecular flexibility index (Phi) is 5.98. The number of amides is 1. The van der Waals surface area contributed by atoms with Crippen LogP contribution in [0.3, 0.4) is 0 Å². The number of ether oxygens (including phenoxy) is 2. The maximum absolute atomic E-state index is 12.5. The maximum atomic E-state index is 12.5. The van der Waals surface area contributed by atoms with E-state index in [1.54, 1.807) is 11.9 Å². The number of rotatable bonds is 5. The number of carbonyl (C=O) groups is 1. The second-order valence-electron chi connectivity index (χ2n) is 6.15. The third-order valence-corrected chi connectivity index (χ3v) is 4.20. The van der Waals surface area contributed by atoms with E-state index < -0.39 is 6.10 Å². The SMILES string of the molecule is Cc1ccc(N(C)C(=O)C(C)OCC2CCCCO2)c(C)c1. The number of aryl methyl sites for hydroxylation is 2. The highest BCUT2D eigenvalue weighted by atomic mass is 16.5. The van der Waals surface area contributed by atoms with Crippen LogP contribution in [-0.4, -0.2) is 38.4 Å². The summed E-state index contributed by atoms with van der Waals surface area (Å²) in [4.78, 5) is 14.2. The molecule has 1 saturated heterocycles. The molecule has 1 aliphatic rings. The van der Waals surface area contributed by atoms with E-state index in [9.17, 15) is 4.79 Å². The summed E-state index contributed by atoms with van der Waals surface area (Å²) in [5.41, 5.74) is 3.22. The van der Waals surface area contributed by atoms with Crippen LogP contribution in [0, 0.1) is 13.8 Å². The second-order valence-corrected chi connectivity index (χ2v) is 6.15. The zero-order valence-electron chi connectivity index (χ0n) is 14.1. The first-order valence-corrected chi connectivity index (χ1v) is 8.07. The molecule has 122 valence electrons. The van der Waals surface area contributed by atoms with Crippen molar-refractivity contribution in [2.45, 2.75) is 52.2 Å². The van der Waals surface area contributed by atoms with Gasteiger partial charge in [0, 0.05) is 19.3 Å². The zero-order valence-corrected chi connectivity index (χ0v) is 14.1. The Morgan fingerprint density at radius 2 is 2.18 bits per heavy atom. The van der Waals surface area contributed by atoms with Crippen molar-refractivity contribution < 1.29 is 14.3 Å². The van der Waals surface area contributed by atoms with Gasteiger partial charge >= 0.3 is 0 Å². The van der Waals surface area contributed by atoms with Gasteiger partial charge in [-0.1, -0.05) is 17.7 Å². The largest absolute Gasteiger partial charge is 0.376 e. The Morgan fingerprint density at radius 1 is 1.41 bits per heavy atom. The fourth-order valence-corrected chi connectivity index (χ4v) is 2.83. The first kappa shape index (κ1) is 17.0. The lowest BCUT2D eigenvalue weighted by Gasteiger charge is -2.26. The summed E-state index contributed by atoms with van der Waals surface area (Å²) in [6.45, 7) is 7.18. The molecule has 1 heterocycles. The van der Waals surface area contributed by atoms with Crippen LogP contribution >= 0.6 is 0 Å². The first-order valence-electron chi connectivity index (χ1n) is 8.07. The molecule has 1 fully saturated rings. The van der Waals surface area contributed by atoms with Gasteiger partial charge in [0.15, 0.2) is 0 Å². The van der Waals surface area contributed by atoms with Gasteiger partial charge in [-0.15, -0.1) is 0 Å². The number of benzene rings is 1. The lowest BCUT2D eigenvalue weighted by Crippen LogP contribution is -2.38. The van der Waals surface area contributed by atoms with Crippen molar-refractivity contribution in [2.75, 3.05) is 25.2 Å². The number of nitrogens with zero attached hydrogens (tertiary/aromatic N) is 1. The van der Waals surface area contributed by atoms with Crippen molar-refractivity contribution in [1.29, 1.82) is 0 Å². The van der Waals surface area contributed by atoms with Crippen molar-refractivity contribution in [2.24, 2.45) is 0 Å². The minimum atomic E-state index is -0.462. The summed E-state index contributed by atoms with van der Waals surface area (Å²) in [5.74, 6) is -0.0252. The summed E-state index contributed by atoms with van der Waals surface area (Å²) in [5, 5.41) is 0. The third kappa shape index (κ3) is 4.31. The Morgan fingerprint density at radius 3 is 2.82 bits per heavy atom. The normalized spacial score (nSPS) is 19.7. The summed E-state index contributed by atoms with van der Waals surface area (Å²) >= 11 is 0. The van der Waals surface area contributed by atoms with Crippen molar-refractivity contribution in [3.05, 3.63) is 29.3 Å². The highest BCUT2D eigenvalue weighted by Gasteiger charge is 2.22. The molecule has 4 nitrogen and oxygen atoms in total. The molecule has 0 N–H and O–H groups in total. The monoisotopic (exact) mass is 305 g/mol. The van der Waals surface area contributed by atoms with Crippen molar-refractivity contribution >= 4 is 11.6 Å². The van der Waals surface area contributed by atoms with Gasteiger partial charge in [-0.3, -0.25) is 4.79 Å². The molecule has 22 heavy (non-hydrogen) atoms. The van der Waals surface area contributed by atoms with Gasteiger partial charge in [-0.05, 0) is 51.7 Å². The number of carbonyl (C=O) groups excluding carboxylic acids is 1. The highest BCUT2D eigenvalue weighted by molar-refractivity contribution is 5.96.